The van der Waals surface area contributed by atoms with E-state index in [4.69, 9.17) is 0 Å². The van der Waals surface area contributed by atoms with Crippen LogP contribution in [0, 0.1) is 5.92 Å². The lowest BCUT2D eigenvalue weighted by Gasteiger charge is -2.16. The first-order chi connectivity index (χ1) is 9.16. The highest BCUT2D eigenvalue weighted by atomic mass is 16.4. The summed E-state index contributed by atoms with van der Waals surface area (Å²) in [5.74, 6) is -0.672. The topological polar surface area (TPSA) is 78.0 Å². The second kappa shape index (κ2) is 6.15. The minimum Gasteiger partial charge on any atom is -0.480 e. The summed E-state index contributed by atoms with van der Waals surface area (Å²) in [6, 6.07) is -0.647. The van der Waals surface area contributed by atoms with Gasteiger partial charge >= 0.3 is 5.97 Å². The molecule has 2 rings (SSSR count). The van der Waals surface area contributed by atoms with Gasteiger partial charge in [0.2, 0.25) is 0 Å². The molecule has 0 radical (unpaired) electrons. The average molecular weight is 259 g/mol. The zero-order valence-corrected chi connectivity index (χ0v) is 10.5. The summed E-state index contributed by atoms with van der Waals surface area (Å²) in [6.45, 7) is 4.46. The molecule has 0 aliphatic heterocycles. The average Bonchev–Trinajstić information content (AvgIpc) is 3.06. The molecule has 1 atom stereocenters. The lowest BCUT2D eigenvalue weighted by molar-refractivity contribution is -0.139. The molecule has 100 valence electrons. The summed E-state index contributed by atoms with van der Waals surface area (Å²) in [5.41, 5.74) is 1.76. The molecule has 5 heteroatoms. The van der Waals surface area contributed by atoms with E-state index in [0.29, 0.717) is 13.0 Å². The van der Waals surface area contributed by atoms with Crippen LogP contribution in [0.1, 0.15) is 5.69 Å². The Labute approximate surface area is 111 Å². The maximum absolute atomic E-state index is 11.2. The van der Waals surface area contributed by atoms with Gasteiger partial charge in [-0.25, -0.2) is 4.98 Å². The molecule has 5 nitrogen and oxygen atoms in total. The van der Waals surface area contributed by atoms with Gasteiger partial charge in [0.1, 0.15) is 6.04 Å². The molecule has 0 saturated carbocycles. The van der Waals surface area contributed by atoms with Gasteiger partial charge in [-0.05, 0) is 0 Å². The van der Waals surface area contributed by atoms with Crippen LogP contribution in [0.3, 0.4) is 0 Å². The van der Waals surface area contributed by atoms with Crippen molar-refractivity contribution in [2.45, 2.75) is 12.5 Å². The van der Waals surface area contributed by atoms with E-state index in [9.17, 15) is 9.90 Å². The van der Waals surface area contributed by atoms with Crippen molar-refractivity contribution in [1.82, 2.24) is 15.3 Å². The second-order valence-electron chi connectivity index (χ2n) is 4.51. The van der Waals surface area contributed by atoms with Crippen molar-refractivity contribution in [2.75, 3.05) is 6.54 Å². The van der Waals surface area contributed by atoms with Gasteiger partial charge in [-0.15, -0.1) is 0 Å². The summed E-state index contributed by atoms with van der Waals surface area (Å²) >= 11 is 0. The maximum atomic E-state index is 11.2. The quantitative estimate of drug-likeness (QED) is 0.645. The van der Waals surface area contributed by atoms with Crippen LogP contribution in [0.4, 0.5) is 0 Å². The SMILES string of the molecule is C=C(CNC(Cc1cnc[nH]1)C(=O)O)C1C=CC=C1. The number of aliphatic carboxylic acids is 1. The van der Waals surface area contributed by atoms with Crippen molar-refractivity contribution >= 4 is 5.97 Å². The van der Waals surface area contributed by atoms with E-state index in [1.54, 1.807) is 12.5 Å². The van der Waals surface area contributed by atoms with Gasteiger partial charge in [-0.1, -0.05) is 36.5 Å². The first-order valence-corrected chi connectivity index (χ1v) is 6.13. The summed E-state index contributed by atoms with van der Waals surface area (Å²) in [6.07, 6.45) is 11.6. The highest BCUT2D eigenvalue weighted by Gasteiger charge is 2.19. The van der Waals surface area contributed by atoms with Crippen molar-refractivity contribution in [3.8, 4) is 0 Å². The predicted octanol–water partition coefficient (Wildman–Crippen LogP) is 1.29. The van der Waals surface area contributed by atoms with E-state index in [1.807, 2.05) is 24.3 Å². The van der Waals surface area contributed by atoms with Gasteiger partial charge in [-0.3, -0.25) is 4.79 Å². The van der Waals surface area contributed by atoms with Gasteiger partial charge in [0.15, 0.2) is 0 Å². The molecule has 0 amide bonds. The number of H-pyrrole nitrogens is 1. The Morgan fingerprint density at radius 1 is 1.53 bits per heavy atom. The molecule has 19 heavy (non-hydrogen) atoms. The Hall–Kier alpha value is -2.14. The van der Waals surface area contributed by atoms with Crippen molar-refractivity contribution in [1.29, 1.82) is 0 Å². The van der Waals surface area contributed by atoms with E-state index < -0.39 is 12.0 Å². The normalized spacial score (nSPS) is 15.8. The molecular formula is C14H17N3O2. The number of hydrogen-bond acceptors (Lipinski definition) is 3. The number of nitrogens with one attached hydrogen (secondary N) is 2. The van der Waals surface area contributed by atoms with Gasteiger partial charge in [0, 0.05) is 30.8 Å². The smallest absolute Gasteiger partial charge is 0.321 e. The number of carboxylic acids is 1. The standard InChI is InChI=1S/C14H17N3O2/c1-10(11-4-2-3-5-11)7-16-13(14(18)19)6-12-8-15-9-17-12/h2-5,8-9,11,13,16H,1,6-7H2,(H,15,17)(H,18,19). The highest BCUT2D eigenvalue weighted by Crippen LogP contribution is 2.16. The van der Waals surface area contributed by atoms with Crippen LogP contribution in [-0.2, 0) is 11.2 Å². The zero-order chi connectivity index (χ0) is 13.7. The van der Waals surface area contributed by atoms with Crippen molar-refractivity contribution in [3.05, 3.63) is 54.7 Å². The van der Waals surface area contributed by atoms with Crippen LogP contribution in [0.2, 0.25) is 0 Å². The predicted molar refractivity (Wildman–Crippen MR) is 72.6 cm³/mol. The number of imidazole rings is 1. The van der Waals surface area contributed by atoms with Crippen LogP contribution < -0.4 is 5.32 Å². The molecule has 0 aromatic carbocycles. The van der Waals surface area contributed by atoms with Crippen molar-refractivity contribution < 1.29 is 9.90 Å². The number of aromatic amines is 1. The monoisotopic (exact) mass is 259 g/mol. The third kappa shape index (κ3) is 3.66. The fourth-order valence-electron chi connectivity index (χ4n) is 1.94. The molecule has 1 aromatic heterocycles. The van der Waals surface area contributed by atoms with Gasteiger partial charge in [-0.2, -0.15) is 0 Å². The van der Waals surface area contributed by atoms with Crippen molar-refractivity contribution in [2.24, 2.45) is 5.92 Å². The fraction of sp³-hybridized carbons (Fsp3) is 0.286. The summed E-state index contributed by atoms with van der Waals surface area (Å²) in [5, 5.41) is 12.2. The van der Waals surface area contributed by atoms with Crippen LogP contribution in [0.5, 0.6) is 0 Å². The molecule has 0 spiro atoms. The third-order valence-corrected chi connectivity index (χ3v) is 3.07. The van der Waals surface area contributed by atoms with Crippen LogP contribution >= 0.6 is 0 Å². The number of aromatic nitrogens is 2. The molecular weight excluding hydrogens is 242 g/mol. The maximum Gasteiger partial charge on any atom is 0.321 e. The summed E-state index contributed by atoms with van der Waals surface area (Å²) in [7, 11) is 0. The Morgan fingerprint density at radius 2 is 2.26 bits per heavy atom. The Kier molecular flexibility index (Phi) is 4.30. The number of carboxylic acid groups (broad SMARTS) is 1. The molecule has 1 heterocycles. The summed E-state index contributed by atoms with van der Waals surface area (Å²) < 4.78 is 0. The molecule has 0 fully saturated rings. The number of allylic oxidation sites excluding steroid dienone is 4. The van der Waals surface area contributed by atoms with E-state index in [2.05, 4.69) is 21.9 Å². The van der Waals surface area contributed by atoms with Gasteiger partial charge in [0.05, 0.1) is 6.33 Å². The van der Waals surface area contributed by atoms with Crippen molar-refractivity contribution in [3.63, 3.8) is 0 Å². The number of hydrogen-bond donors (Lipinski definition) is 3. The third-order valence-electron chi connectivity index (χ3n) is 3.07. The number of carbonyl (C=O) groups is 1. The molecule has 1 aliphatic rings. The Morgan fingerprint density at radius 3 is 2.84 bits per heavy atom. The summed E-state index contributed by atoms with van der Waals surface area (Å²) in [4.78, 5) is 18.0. The Bertz CT molecular complexity index is 491. The zero-order valence-electron chi connectivity index (χ0n) is 10.5. The molecule has 3 N–H and O–H groups in total. The molecule has 1 unspecified atom stereocenters. The fourth-order valence-corrected chi connectivity index (χ4v) is 1.94. The van der Waals surface area contributed by atoms with Gasteiger partial charge in [0.25, 0.3) is 0 Å². The van der Waals surface area contributed by atoms with Crippen LogP contribution in [-0.4, -0.2) is 33.6 Å². The van der Waals surface area contributed by atoms with E-state index in [1.165, 1.54) is 0 Å². The minimum atomic E-state index is -0.875. The van der Waals surface area contributed by atoms with E-state index in [-0.39, 0.29) is 5.92 Å². The van der Waals surface area contributed by atoms with Crippen LogP contribution in [0.25, 0.3) is 0 Å². The number of nitrogens with zero attached hydrogens (tertiary/aromatic N) is 1. The molecule has 1 aliphatic carbocycles. The lowest BCUT2D eigenvalue weighted by Crippen LogP contribution is -2.40. The number of rotatable bonds is 7. The van der Waals surface area contributed by atoms with E-state index in [0.717, 1.165) is 11.3 Å². The Balaban J connectivity index is 1.86. The van der Waals surface area contributed by atoms with E-state index >= 15 is 0 Å². The molecule has 0 bridgehead atoms. The van der Waals surface area contributed by atoms with Crippen LogP contribution in [0.15, 0.2) is 49.0 Å². The molecule has 0 saturated heterocycles. The second-order valence-corrected chi connectivity index (χ2v) is 4.51. The first-order valence-electron chi connectivity index (χ1n) is 6.13. The largest absolute Gasteiger partial charge is 0.480 e. The minimum absolute atomic E-state index is 0.203. The molecule has 1 aromatic rings. The first kappa shape index (κ1) is 13.3. The lowest BCUT2D eigenvalue weighted by atomic mass is 10.0. The van der Waals surface area contributed by atoms with Gasteiger partial charge < -0.3 is 15.4 Å². The highest BCUT2D eigenvalue weighted by molar-refractivity contribution is 5.73.